The summed E-state index contributed by atoms with van der Waals surface area (Å²) < 4.78 is 34.9. The van der Waals surface area contributed by atoms with Crippen LogP contribution in [0.15, 0.2) is 35.3 Å². The average molecular weight is 367 g/mol. The van der Waals surface area contributed by atoms with Crippen molar-refractivity contribution < 1.29 is 13.5 Å². The molecule has 25 heavy (non-hydrogen) atoms. The highest BCUT2D eigenvalue weighted by Gasteiger charge is 2.19. The van der Waals surface area contributed by atoms with Crippen LogP contribution in [-0.4, -0.2) is 28.6 Å². The molecule has 3 nitrogen and oxygen atoms in total. The molecule has 0 bridgehead atoms. The van der Waals surface area contributed by atoms with Crippen LogP contribution in [0.4, 0.5) is 8.78 Å². The fourth-order valence-corrected chi connectivity index (χ4v) is 2.77. The molecule has 1 atom stereocenters. The lowest BCUT2D eigenvalue weighted by Crippen LogP contribution is -2.25. The van der Waals surface area contributed by atoms with E-state index in [1.807, 2.05) is 6.26 Å². The minimum atomic E-state index is -0.636. The first-order valence-corrected chi connectivity index (χ1v) is 9.65. The number of aryl methyl sites for hydroxylation is 1. The molecule has 0 amide bonds. The molecule has 0 saturated heterocycles. The van der Waals surface area contributed by atoms with Crippen molar-refractivity contribution in [3.8, 4) is 16.9 Å². The van der Waals surface area contributed by atoms with Crippen LogP contribution in [0.3, 0.4) is 0 Å². The van der Waals surface area contributed by atoms with E-state index < -0.39 is 11.6 Å². The summed E-state index contributed by atoms with van der Waals surface area (Å²) in [6.07, 6.45) is 3.89. The van der Waals surface area contributed by atoms with Gasteiger partial charge in [0.25, 0.3) is 5.56 Å². The van der Waals surface area contributed by atoms with E-state index >= 15 is 0 Å². The highest BCUT2D eigenvalue weighted by atomic mass is 32.2. The second-order valence-electron chi connectivity index (χ2n) is 6.56. The van der Waals surface area contributed by atoms with Gasteiger partial charge in [0, 0.05) is 40.7 Å². The molecule has 1 heterocycles. The molecule has 1 unspecified atom stereocenters. The van der Waals surface area contributed by atoms with Crippen molar-refractivity contribution in [3.63, 3.8) is 0 Å². The lowest BCUT2D eigenvalue weighted by atomic mass is 10.1. The van der Waals surface area contributed by atoms with Gasteiger partial charge < -0.3 is 9.30 Å². The number of ether oxygens (including phenoxy) is 1. The zero-order chi connectivity index (χ0) is 18.8. The Bertz CT molecular complexity index is 859. The van der Waals surface area contributed by atoms with Gasteiger partial charge >= 0.3 is 0 Å². The number of rotatable bonds is 6. The highest BCUT2D eigenvalue weighted by molar-refractivity contribution is 8.14. The van der Waals surface area contributed by atoms with Crippen LogP contribution < -0.4 is 10.3 Å². The molecule has 6 heteroatoms. The Hall–Kier alpha value is -1.95. The van der Waals surface area contributed by atoms with Crippen LogP contribution in [0.5, 0.6) is 5.75 Å². The van der Waals surface area contributed by atoms with Crippen molar-refractivity contribution in [2.75, 3.05) is 13.4 Å². The van der Waals surface area contributed by atoms with Gasteiger partial charge in [0.05, 0.1) is 7.11 Å². The van der Waals surface area contributed by atoms with Crippen molar-refractivity contribution in [2.24, 2.45) is 0 Å². The van der Waals surface area contributed by atoms with Crippen LogP contribution in [0.1, 0.15) is 20.3 Å². The molecule has 0 aliphatic heterocycles. The van der Waals surface area contributed by atoms with E-state index in [2.05, 4.69) is 19.7 Å². The Labute approximate surface area is 149 Å². The van der Waals surface area contributed by atoms with E-state index in [4.69, 9.17) is 4.74 Å². The molecule has 0 fully saturated rings. The van der Waals surface area contributed by atoms with Gasteiger partial charge in [-0.05, 0) is 24.8 Å². The number of methoxy groups -OCH3 is 1. The zero-order valence-corrected chi connectivity index (χ0v) is 15.8. The average Bonchev–Trinajstić information content (AvgIpc) is 2.55. The molecule has 0 aliphatic carbocycles. The Morgan fingerprint density at radius 3 is 2.44 bits per heavy atom. The maximum atomic E-state index is 14.5. The third kappa shape index (κ3) is 4.37. The van der Waals surface area contributed by atoms with Crippen molar-refractivity contribution in [2.45, 2.75) is 31.6 Å². The number of hydrogen-bond acceptors (Lipinski definition) is 2. The molecule has 2 aromatic rings. The van der Waals surface area contributed by atoms with Crippen molar-refractivity contribution >= 4 is 16.4 Å². The largest absolute Gasteiger partial charge is 0.497 e. The summed E-state index contributed by atoms with van der Waals surface area (Å²) in [5.74, 6) is 3.12. The Kier molecular flexibility index (Phi) is 5.83. The Balaban J connectivity index is 2.35. The lowest BCUT2D eigenvalue weighted by Gasteiger charge is -2.26. The predicted molar refractivity (Wildman–Crippen MR) is 102 cm³/mol. The molecular weight excluding hydrogens is 344 g/mol. The summed E-state index contributed by atoms with van der Waals surface area (Å²) in [5, 5.41) is 0. The van der Waals surface area contributed by atoms with E-state index in [1.165, 1.54) is 29.9 Å². The van der Waals surface area contributed by atoms with Gasteiger partial charge in [-0.25, -0.2) is 8.78 Å². The summed E-state index contributed by atoms with van der Waals surface area (Å²) in [6.45, 7) is 4.54. The number of aromatic nitrogens is 1. The van der Waals surface area contributed by atoms with Crippen LogP contribution in [0, 0.1) is 11.6 Å². The van der Waals surface area contributed by atoms with E-state index in [-0.39, 0.29) is 31.9 Å². The minimum absolute atomic E-state index is 0.0377. The second-order valence-corrected chi connectivity index (χ2v) is 8.94. The molecule has 2 rings (SSSR count). The molecule has 0 spiro atoms. The molecule has 1 aromatic heterocycles. The van der Waals surface area contributed by atoms with Crippen LogP contribution in [0.25, 0.3) is 11.1 Å². The lowest BCUT2D eigenvalue weighted by molar-refractivity contribution is 0.411. The fourth-order valence-electron chi connectivity index (χ4n) is 2.33. The monoisotopic (exact) mass is 367 g/mol. The van der Waals surface area contributed by atoms with Crippen LogP contribution in [-0.2, 0) is 6.54 Å². The SMILES string of the molecule is C=S(C)C(C)(C)CCn1cc(F)c(-c2ccc(OC)cc2F)cc1=O. The summed E-state index contributed by atoms with van der Waals surface area (Å²) in [4.78, 5) is 12.3. The van der Waals surface area contributed by atoms with Gasteiger partial charge in [-0.1, -0.05) is 19.7 Å². The standard InChI is InChI=1S/C19H23F2NO2S/c1-19(2,25(4)5)8-9-22-12-17(21)15(11-18(22)23)14-7-6-13(24-3)10-16(14)20/h6-7,10-12H,4,8-9H2,1-3,5H3. The number of benzene rings is 1. The van der Waals surface area contributed by atoms with E-state index in [1.54, 1.807) is 0 Å². The van der Waals surface area contributed by atoms with Crippen molar-refractivity contribution in [3.05, 3.63) is 52.5 Å². The predicted octanol–water partition coefficient (Wildman–Crippen LogP) is 4.30. The number of halogens is 2. The highest BCUT2D eigenvalue weighted by Crippen LogP contribution is 2.31. The van der Waals surface area contributed by atoms with Gasteiger partial charge in [0.15, 0.2) is 0 Å². The minimum Gasteiger partial charge on any atom is -0.497 e. The summed E-state index contributed by atoms with van der Waals surface area (Å²) in [7, 11) is 1.35. The van der Waals surface area contributed by atoms with Gasteiger partial charge in [-0.2, -0.15) is 10.5 Å². The topological polar surface area (TPSA) is 31.2 Å². The maximum Gasteiger partial charge on any atom is 0.251 e. The van der Waals surface area contributed by atoms with Crippen molar-refractivity contribution in [1.82, 2.24) is 4.57 Å². The molecule has 136 valence electrons. The van der Waals surface area contributed by atoms with Crippen LogP contribution >= 0.6 is 10.5 Å². The van der Waals surface area contributed by atoms with Gasteiger partial charge in [0.1, 0.15) is 17.4 Å². The summed E-state index contributed by atoms with van der Waals surface area (Å²) >= 11 is 0. The number of pyridine rings is 1. The maximum absolute atomic E-state index is 14.5. The van der Waals surface area contributed by atoms with Gasteiger partial charge in [-0.15, -0.1) is 0 Å². The van der Waals surface area contributed by atoms with Crippen LogP contribution in [0.2, 0.25) is 0 Å². The number of nitrogens with zero attached hydrogens (tertiary/aromatic N) is 1. The molecule has 1 aromatic carbocycles. The molecule has 0 aliphatic rings. The second kappa shape index (κ2) is 7.52. The number of hydrogen-bond donors (Lipinski definition) is 0. The molecule has 0 N–H and O–H groups in total. The smallest absolute Gasteiger partial charge is 0.251 e. The molecule has 0 saturated carbocycles. The fraction of sp³-hybridized carbons (Fsp3) is 0.368. The molecule has 0 radical (unpaired) electrons. The third-order valence-corrected chi connectivity index (χ3v) is 6.53. The Morgan fingerprint density at radius 2 is 1.88 bits per heavy atom. The normalized spacial score (nSPS) is 12.9. The first kappa shape index (κ1) is 19.4. The summed E-state index contributed by atoms with van der Waals surface area (Å²) in [6, 6.07) is 5.25. The van der Waals surface area contributed by atoms with E-state index in [9.17, 15) is 13.6 Å². The first-order valence-electron chi connectivity index (χ1n) is 7.85. The van der Waals surface area contributed by atoms with E-state index in [0.29, 0.717) is 18.7 Å². The zero-order valence-electron chi connectivity index (χ0n) is 14.9. The quantitative estimate of drug-likeness (QED) is 0.713. The van der Waals surface area contributed by atoms with E-state index in [0.717, 1.165) is 12.3 Å². The van der Waals surface area contributed by atoms with Gasteiger partial charge in [-0.3, -0.25) is 4.79 Å². The third-order valence-electron chi connectivity index (χ3n) is 4.44. The Morgan fingerprint density at radius 1 is 1.20 bits per heavy atom. The first-order chi connectivity index (χ1) is 11.7. The van der Waals surface area contributed by atoms with Gasteiger partial charge in [0.2, 0.25) is 0 Å². The van der Waals surface area contributed by atoms with Crippen molar-refractivity contribution in [1.29, 1.82) is 0 Å². The molecular formula is C19H23F2NO2S. The summed E-state index contributed by atoms with van der Waals surface area (Å²) in [5.41, 5.74) is -0.369.